The van der Waals surface area contributed by atoms with Gasteiger partial charge in [-0.25, -0.2) is 0 Å². The van der Waals surface area contributed by atoms with E-state index in [1.165, 1.54) is 285 Å². The molecule has 0 fully saturated rings. The van der Waals surface area contributed by atoms with Crippen LogP contribution in [0.25, 0.3) is 296 Å². The van der Waals surface area contributed by atoms with E-state index in [9.17, 15) is 0 Å². The molecule has 0 N–H and O–H groups in total. The van der Waals surface area contributed by atoms with Gasteiger partial charge in [-0.3, -0.25) is 0 Å². The molecule has 26 aromatic carbocycles. The van der Waals surface area contributed by atoms with Gasteiger partial charge in [0.1, 0.15) is 11.2 Å². The van der Waals surface area contributed by atoms with Crippen LogP contribution in [0.4, 0.5) is 0 Å². The zero-order valence-corrected chi connectivity index (χ0v) is 75.9. The van der Waals surface area contributed by atoms with Gasteiger partial charge in [-0.05, 0) is 389 Å². The standard InChI is InChI=1S/C50H30.C45H30.C42H24O/c1-2-8-31(9-3-1)34-14-15-36-25-37(17-16-35(36)24-34)38-18-19-40-27-42(21-20-39(40)26-38)44-22-23-45-46-28-32-10-4-5-11-33(32)29-47(46)48-30-41-12-6-7-13-43(41)49(44)50(45)48;1-45(2)41-14-8-7-13-35(41)39-25-31(19-22-42(39)45)27-15-17-28(18-16-27)34-20-21-36-37-23-29-9-3-4-10-30(29)24-38(37)40-26-32-11-5-6-12-33(32)43(34)44(36)40;1-2-8-28-22-36-35(21-27(28)7-1)34-19-18-32(41-31-10-4-3-9-30(31)24-38(36)42(34)41)26-15-13-25(14-16-26)29-17-20-40-37(23-29)33-11-5-6-12-39(33)43-40/h1-30H;3-26H,1-2H3;1-24H. The highest BCUT2D eigenvalue weighted by Gasteiger charge is 2.36. The molecule has 0 unspecified atom stereocenters. The van der Waals surface area contributed by atoms with Crippen molar-refractivity contribution in [3.8, 4) is 156 Å². The van der Waals surface area contributed by atoms with Crippen molar-refractivity contribution < 1.29 is 4.42 Å². The summed E-state index contributed by atoms with van der Waals surface area (Å²) in [6.45, 7) is 4.68. The maximum absolute atomic E-state index is 6.07. The first kappa shape index (κ1) is 77.9. The van der Waals surface area contributed by atoms with Crippen molar-refractivity contribution in [1.29, 1.82) is 0 Å². The van der Waals surface area contributed by atoms with Gasteiger partial charge in [0.05, 0.1) is 0 Å². The van der Waals surface area contributed by atoms with Crippen molar-refractivity contribution in [2.45, 2.75) is 19.3 Å². The molecular weight excluding hydrogens is 1660 g/mol. The summed E-state index contributed by atoms with van der Waals surface area (Å²) < 4.78 is 6.07. The van der Waals surface area contributed by atoms with E-state index in [0.717, 1.165) is 21.9 Å². The molecule has 0 bridgehead atoms. The second kappa shape index (κ2) is 30.2. The molecule has 27 aromatic rings. The fourth-order valence-corrected chi connectivity index (χ4v) is 24.1. The molecule has 1 heterocycles. The molecular formula is C137H84O. The molecule has 1 heteroatoms. The minimum atomic E-state index is 0.0270. The summed E-state index contributed by atoms with van der Waals surface area (Å²) in [6, 6.07) is 175. The summed E-state index contributed by atoms with van der Waals surface area (Å²) in [5, 5.41) is 31.0. The highest BCUT2D eigenvalue weighted by atomic mass is 16.3. The number of hydrogen-bond donors (Lipinski definition) is 0. The minimum Gasteiger partial charge on any atom is -0.456 e. The number of furan rings is 1. The lowest BCUT2D eigenvalue weighted by Gasteiger charge is -2.21. The van der Waals surface area contributed by atoms with Crippen LogP contribution >= 0.6 is 0 Å². The van der Waals surface area contributed by atoms with Gasteiger partial charge in [-0.1, -0.05) is 384 Å². The fraction of sp³-hybridized carbons (Fsp3) is 0.0219. The molecule has 138 heavy (non-hydrogen) atoms. The van der Waals surface area contributed by atoms with Crippen molar-refractivity contribution in [1.82, 2.24) is 0 Å². The Labute approximate surface area is 798 Å². The van der Waals surface area contributed by atoms with Crippen LogP contribution in [0.5, 0.6) is 0 Å². The number of hydrogen-bond acceptors (Lipinski definition) is 1. The Kier molecular flexibility index (Phi) is 17.1. The maximum Gasteiger partial charge on any atom is 0.135 e. The van der Waals surface area contributed by atoms with Crippen molar-refractivity contribution in [3.05, 3.63) is 484 Å². The van der Waals surface area contributed by atoms with E-state index in [2.05, 4.69) is 475 Å². The van der Waals surface area contributed by atoms with Crippen LogP contribution in [0.15, 0.2) is 478 Å². The van der Waals surface area contributed by atoms with Crippen LogP contribution in [-0.2, 0) is 5.41 Å². The summed E-state index contributed by atoms with van der Waals surface area (Å²) in [4.78, 5) is 0. The van der Waals surface area contributed by atoms with Gasteiger partial charge in [0, 0.05) is 16.2 Å². The number of rotatable bonds is 7. The topological polar surface area (TPSA) is 13.1 Å². The first-order valence-electron chi connectivity index (χ1n) is 48.2. The van der Waals surface area contributed by atoms with Crippen LogP contribution in [-0.4, -0.2) is 0 Å². The van der Waals surface area contributed by atoms with Crippen LogP contribution in [0, 0.1) is 0 Å². The average Bonchev–Trinajstić information content (AvgIpc) is 1.55. The SMILES string of the molecule is CC1(C)c2ccccc2-c2cc(-c3ccc(-c4ccc5c6c(cc7ccccc7c46)-c4cc6ccccc6cc4-5)cc3)ccc21.c1ccc(-c2ccc3cc(-c4ccc5cc(-c6ccc7c8c(cc9ccccc9c68)-c6cc8ccccc8cc6-7)ccc5c4)ccc3c2)cc1.c1ccc2cc3c(cc2c1)-c1ccc(-c2ccc(-c4ccc5oc6ccccc6c5c4)cc2)c2c1c-3cc1ccccc12. The molecule has 4 aliphatic carbocycles. The van der Waals surface area contributed by atoms with E-state index in [1.807, 2.05) is 12.1 Å². The lowest BCUT2D eigenvalue weighted by molar-refractivity contribution is 0.660. The van der Waals surface area contributed by atoms with Crippen LogP contribution < -0.4 is 0 Å². The molecule has 0 radical (unpaired) electrons. The Balaban J connectivity index is 0.000000100. The van der Waals surface area contributed by atoms with Crippen molar-refractivity contribution in [2.75, 3.05) is 0 Å². The highest BCUT2D eigenvalue weighted by molar-refractivity contribution is 6.32. The molecule has 0 atom stereocenters. The van der Waals surface area contributed by atoms with Gasteiger partial charge >= 0.3 is 0 Å². The summed E-state index contributed by atoms with van der Waals surface area (Å²) >= 11 is 0. The quantitative estimate of drug-likeness (QED) is 0.145. The van der Waals surface area contributed by atoms with Gasteiger partial charge < -0.3 is 4.42 Å². The zero-order chi connectivity index (χ0) is 90.7. The second-order valence-electron chi connectivity index (χ2n) is 38.7. The predicted octanol–water partition coefficient (Wildman–Crippen LogP) is 38.6. The molecule has 0 saturated heterocycles. The first-order valence-corrected chi connectivity index (χ1v) is 48.2. The molecule has 1 aromatic heterocycles. The lowest BCUT2D eigenvalue weighted by Crippen LogP contribution is -2.14. The van der Waals surface area contributed by atoms with Crippen molar-refractivity contribution in [3.63, 3.8) is 0 Å². The van der Waals surface area contributed by atoms with Gasteiger partial charge in [0.2, 0.25) is 0 Å². The van der Waals surface area contributed by atoms with Gasteiger partial charge in [-0.2, -0.15) is 0 Å². The Morgan fingerprint density at radius 2 is 0.406 bits per heavy atom. The van der Waals surface area contributed by atoms with E-state index < -0.39 is 0 Å². The largest absolute Gasteiger partial charge is 0.456 e. The molecule has 0 saturated carbocycles. The zero-order valence-electron chi connectivity index (χ0n) is 75.9. The third kappa shape index (κ3) is 12.1. The number of benzene rings is 26. The molecule has 4 aliphatic rings. The lowest BCUT2D eigenvalue weighted by atomic mass is 9.82. The number of fused-ring (bicyclic) bond motifs is 26. The molecule has 31 rings (SSSR count). The van der Waals surface area contributed by atoms with Crippen molar-refractivity contribution >= 4 is 140 Å². The molecule has 0 spiro atoms. The summed E-state index contributed by atoms with van der Waals surface area (Å²) in [5.41, 5.74) is 41.0. The van der Waals surface area contributed by atoms with Gasteiger partial charge in [0.25, 0.3) is 0 Å². The second-order valence-corrected chi connectivity index (χ2v) is 38.7. The third-order valence-corrected chi connectivity index (χ3v) is 30.9. The summed E-state index contributed by atoms with van der Waals surface area (Å²) in [6.07, 6.45) is 0. The highest BCUT2D eigenvalue weighted by Crippen LogP contribution is 2.58. The fourth-order valence-electron chi connectivity index (χ4n) is 24.1. The Bertz CT molecular complexity index is 9970. The monoisotopic (exact) mass is 1740 g/mol. The smallest absolute Gasteiger partial charge is 0.135 e. The first-order chi connectivity index (χ1) is 68.1. The van der Waals surface area contributed by atoms with E-state index in [-0.39, 0.29) is 5.41 Å². The van der Waals surface area contributed by atoms with Crippen LogP contribution in [0.1, 0.15) is 25.0 Å². The average molecular weight is 1750 g/mol. The summed E-state index contributed by atoms with van der Waals surface area (Å²) in [7, 11) is 0. The molecule has 0 aliphatic heterocycles. The van der Waals surface area contributed by atoms with Crippen LogP contribution in [0.2, 0.25) is 0 Å². The normalized spacial score (nSPS) is 12.6. The van der Waals surface area contributed by atoms with Crippen LogP contribution in [0.3, 0.4) is 0 Å². The van der Waals surface area contributed by atoms with E-state index in [1.54, 1.807) is 0 Å². The Morgan fingerprint density at radius 1 is 0.130 bits per heavy atom. The summed E-state index contributed by atoms with van der Waals surface area (Å²) in [5.74, 6) is 0. The molecule has 1 nitrogen and oxygen atoms in total. The maximum atomic E-state index is 6.07. The van der Waals surface area contributed by atoms with E-state index in [4.69, 9.17) is 4.42 Å². The van der Waals surface area contributed by atoms with Gasteiger partial charge in [0.15, 0.2) is 0 Å². The molecule has 638 valence electrons. The Morgan fingerprint density at radius 3 is 0.855 bits per heavy atom. The minimum absolute atomic E-state index is 0.0270. The number of para-hydroxylation sites is 1. The predicted molar refractivity (Wildman–Crippen MR) is 588 cm³/mol. The van der Waals surface area contributed by atoms with E-state index in [0.29, 0.717) is 0 Å². The molecule has 0 amide bonds. The Hall–Kier alpha value is -17.6. The third-order valence-electron chi connectivity index (χ3n) is 30.9. The van der Waals surface area contributed by atoms with Gasteiger partial charge in [-0.15, -0.1) is 0 Å². The van der Waals surface area contributed by atoms with E-state index >= 15 is 0 Å². The van der Waals surface area contributed by atoms with Crippen molar-refractivity contribution in [2.24, 2.45) is 0 Å².